The Hall–Kier alpha value is -1.77. The van der Waals surface area contributed by atoms with E-state index in [2.05, 4.69) is 44.0 Å². The highest BCUT2D eigenvalue weighted by molar-refractivity contribution is 5.90. The molecule has 1 aromatic carbocycles. The molecule has 3 heteroatoms. The summed E-state index contributed by atoms with van der Waals surface area (Å²) in [6, 6.07) is 6.47. The van der Waals surface area contributed by atoms with E-state index in [9.17, 15) is 9.90 Å². The number of carboxylic acids is 1. The van der Waals surface area contributed by atoms with Gasteiger partial charge in [-0.25, -0.2) is 0 Å². The highest BCUT2D eigenvalue weighted by Crippen LogP contribution is 2.41. The van der Waals surface area contributed by atoms with Crippen molar-refractivity contribution in [3.05, 3.63) is 35.0 Å². The third-order valence-electron chi connectivity index (χ3n) is 4.90. The van der Waals surface area contributed by atoms with Crippen LogP contribution in [0.3, 0.4) is 0 Å². The van der Waals surface area contributed by atoms with Crippen LogP contribution in [-0.4, -0.2) is 16.1 Å². The third-order valence-corrected chi connectivity index (χ3v) is 4.90. The molecule has 0 radical (unpaired) electrons. The molecule has 1 aliphatic rings. The average molecular weight is 285 g/mol. The standard InChI is InChI=1S/C18H23NO2/c1-17(2,3)11-7-8-14-13(10-11)12-6-5-9-18(4,16(20)21)15(12)19-14/h7-8,10,19H,5-6,9H2,1-4H3,(H,20,21). The molecule has 1 heterocycles. The van der Waals surface area contributed by atoms with Crippen LogP contribution in [-0.2, 0) is 22.0 Å². The molecule has 1 aromatic heterocycles. The maximum atomic E-state index is 11.7. The van der Waals surface area contributed by atoms with Gasteiger partial charge in [0.1, 0.15) is 5.41 Å². The fourth-order valence-electron chi connectivity index (χ4n) is 3.40. The minimum atomic E-state index is -0.783. The number of hydrogen-bond acceptors (Lipinski definition) is 1. The van der Waals surface area contributed by atoms with E-state index in [0.717, 1.165) is 24.1 Å². The Bertz CT molecular complexity index is 721. The summed E-state index contributed by atoms with van der Waals surface area (Å²) in [6.07, 6.45) is 2.60. The molecule has 1 atom stereocenters. The molecule has 0 fully saturated rings. The number of H-pyrrole nitrogens is 1. The van der Waals surface area contributed by atoms with Crippen LogP contribution in [0.4, 0.5) is 0 Å². The van der Waals surface area contributed by atoms with Gasteiger partial charge in [0.15, 0.2) is 0 Å². The number of carbonyl (C=O) groups is 1. The summed E-state index contributed by atoms with van der Waals surface area (Å²) in [7, 11) is 0. The Balaban J connectivity index is 2.25. The van der Waals surface area contributed by atoms with Crippen LogP contribution in [0.2, 0.25) is 0 Å². The zero-order chi connectivity index (χ0) is 15.4. The van der Waals surface area contributed by atoms with E-state index in [-0.39, 0.29) is 5.41 Å². The van der Waals surface area contributed by atoms with Gasteiger partial charge in [-0.1, -0.05) is 26.8 Å². The first kappa shape index (κ1) is 14.2. The minimum Gasteiger partial charge on any atom is -0.481 e. The summed E-state index contributed by atoms with van der Waals surface area (Å²) in [4.78, 5) is 15.1. The zero-order valence-corrected chi connectivity index (χ0v) is 13.2. The number of aromatic amines is 1. The predicted molar refractivity (Wildman–Crippen MR) is 84.9 cm³/mol. The van der Waals surface area contributed by atoms with Crippen LogP contribution < -0.4 is 0 Å². The molecule has 0 spiro atoms. The van der Waals surface area contributed by atoms with Crippen LogP contribution in [0.5, 0.6) is 0 Å². The summed E-state index contributed by atoms with van der Waals surface area (Å²) in [5.74, 6) is -0.731. The van der Waals surface area contributed by atoms with Crippen LogP contribution in [0, 0.1) is 0 Å². The SMILES string of the molecule is CC(C)(C)c1ccc2[nH]c3c(c2c1)CCCC3(C)C(=O)O. The van der Waals surface area contributed by atoms with Crippen molar-refractivity contribution < 1.29 is 9.90 Å². The van der Waals surface area contributed by atoms with Gasteiger partial charge in [-0.05, 0) is 54.9 Å². The maximum Gasteiger partial charge on any atom is 0.315 e. The summed E-state index contributed by atoms with van der Waals surface area (Å²) in [5.41, 5.74) is 3.77. The molecule has 1 unspecified atom stereocenters. The van der Waals surface area contributed by atoms with Crippen LogP contribution in [0.25, 0.3) is 10.9 Å². The lowest BCUT2D eigenvalue weighted by atomic mass is 9.74. The monoisotopic (exact) mass is 285 g/mol. The van der Waals surface area contributed by atoms with E-state index in [4.69, 9.17) is 0 Å². The topological polar surface area (TPSA) is 53.1 Å². The highest BCUT2D eigenvalue weighted by atomic mass is 16.4. The Labute approximate surface area is 125 Å². The van der Waals surface area contributed by atoms with Crippen molar-refractivity contribution >= 4 is 16.9 Å². The highest BCUT2D eigenvalue weighted by Gasteiger charge is 2.41. The Morgan fingerprint density at radius 1 is 1.33 bits per heavy atom. The molecule has 0 amide bonds. The molecule has 2 N–H and O–H groups in total. The van der Waals surface area contributed by atoms with Crippen molar-refractivity contribution in [1.82, 2.24) is 4.98 Å². The molecule has 0 saturated heterocycles. The largest absolute Gasteiger partial charge is 0.481 e. The van der Waals surface area contributed by atoms with E-state index < -0.39 is 11.4 Å². The lowest BCUT2D eigenvalue weighted by molar-refractivity contribution is -0.143. The lowest BCUT2D eigenvalue weighted by Crippen LogP contribution is -2.36. The van der Waals surface area contributed by atoms with Crippen LogP contribution >= 0.6 is 0 Å². The van der Waals surface area contributed by atoms with Crippen molar-refractivity contribution in [2.75, 3.05) is 0 Å². The summed E-state index contributed by atoms with van der Waals surface area (Å²) in [5, 5.41) is 10.8. The average Bonchev–Trinajstić information content (AvgIpc) is 2.77. The van der Waals surface area contributed by atoms with Gasteiger partial charge in [0, 0.05) is 16.6 Å². The second kappa shape index (κ2) is 4.36. The Morgan fingerprint density at radius 2 is 2.05 bits per heavy atom. The summed E-state index contributed by atoms with van der Waals surface area (Å²) < 4.78 is 0. The van der Waals surface area contributed by atoms with Gasteiger partial charge in [-0.15, -0.1) is 0 Å². The van der Waals surface area contributed by atoms with Crippen molar-refractivity contribution in [2.45, 2.75) is 57.8 Å². The molecule has 0 bridgehead atoms. The van der Waals surface area contributed by atoms with Gasteiger partial charge < -0.3 is 10.1 Å². The van der Waals surface area contributed by atoms with Gasteiger partial charge in [0.2, 0.25) is 0 Å². The van der Waals surface area contributed by atoms with Gasteiger partial charge in [-0.2, -0.15) is 0 Å². The van der Waals surface area contributed by atoms with Crippen LogP contribution in [0.1, 0.15) is 57.4 Å². The summed E-state index contributed by atoms with van der Waals surface area (Å²) in [6.45, 7) is 8.45. The van der Waals surface area contributed by atoms with Gasteiger partial charge in [0.25, 0.3) is 0 Å². The second-order valence-corrected chi connectivity index (χ2v) is 7.48. The number of rotatable bonds is 1. The number of carboxylic acid groups (broad SMARTS) is 1. The Morgan fingerprint density at radius 3 is 2.67 bits per heavy atom. The van der Waals surface area contributed by atoms with Crippen molar-refractivity contribution in [2.24, 2.45) is 0 Å². The molecule has 0 saturated carbocycles. The van der Waals surface area contributed by atoms with Crippen molar-refractivity contribution in [3.8, 4) is 0 Å². The molecule has 112 valence electrons. The molecule has 2 aromatic rings. The van der Waals surface area contributed by atoms with Gasteiger partial charge in [-0.3, -0.25) is 4.79 Å². The zero-order valence-electron chi connectivity index (χ0n) is 13.2. The number of nitrogens with one attached hydrogen (secondary N) is 1. The fraction of sp³-hybridized carbons (Fsp3) is 0.500. The smallest absolute Gasteiger partial charge is 0.315 e. The molecule has 3 nitrogen and oxygen atoms in total. The lowest BCUT2D eigenvalue weighted by Gasteiger charge is -2.29. The normalized spacial score (nSPS) is 22.3. The first-order chi connectivity index (χ1) is 9.73. The molecule has 3 rings (SSSR count). The fourth-order valence-corrected chi connectivity index (χ4v) is 3.40. The number of aryl methyl sites for hydroxylation is 1. The second-order valence-electron chi connectivity index (χ2n) is 7.48. The number of fused-ring (bicyclic) bond motifs is 3. The number of hydrogen-bond donors (Lipinski definition) is 2. The maximum absolute atomic E-state index is 11.7. The van der Waals surface area contributed by atoms with E-state index >= 15 is 0 Å². The van der Waals surface area contributed by atoms with Crippen LogP contribution in [0.15, 0.2) is 18.2 Å². The minimum absolute atomic E-state index is 0.100. The number of aliphatic carboxylic acids is 1. The van der Waals surface area contributed by atoms with Gasteiger partial charge in [0.05, 0.1) is 0 Å². The first-order valence-corrected chi connectivity index (χ1v) is 7.62. The molecule has 21 heavy (non-hydrogen) atoms. The van der Waals surface area contributed by atoms with E-state index in [1.165, 1.54) is 16.5 Å². The van der Waals surface area contributed by atoms with Crippen molar-refractivity contribution in [1.29, 1.82) is 0 Å². The van der Waals surface area contributed by atoms with E-state index in [1.54, 1.807) is 0 Å². The molecular formula is C18H23NO2. The quantitative estimate of drug-likeness (QED) is 0.827. The third kappa shape index (κ3) is 2.06. The first-order valence-electron chi connectivity index (χ1n) is 7.62. The molecule has 0 aliphatic heterocycles. The predicted octanol–water partition coefficient (Wildman–Crippen LogP) is 4.14. The van der Waals surface area contributed by atoms with E-state index in [0.29, 0.717) is 6.42 Å². The summed E-state index contributed by atoms with van der Waals surface area (Å²) >= 11 is 0. The van der Waals surface area contributed by atoms with Crippen molar-refractivity contribution in [3.63, 3.8) is 0 Å². The molecular weight excluding hydrogens is 262 g/mol. The van der Waals surface area contributed by atoms with E-state index in [1.807, 2.05) is 6.92 Å². The Kier molecular flexibility index (Phi) is 2.94. The molecule has 1 aliphatic carbocycles. The number of aromatic nitrogens is 1. The van der Waals surface area contributed by atoms with Gasteiger partial charge >= 0.3 is 5.97 Å². The number of benzene rings is 1.